The number of amides is 3. The summed E-state index contributed by atoms with van der Waals surface area (Å²) in [6, 6.07) is 4.35. The smallest absolute Gasteiger partial charge is 0.331 e. The van der Waals surface area contributed by atoms with Gasteiger partial charge in [0.15, 0.2) is 6.61 Å². The van der Waals surface area contributed by atoms with Gasteiger partial charge in [0.2, 0.25) is 0 Å². The molecule has 0 aromatic heterocycles. The van der Waals surface area contributed by atoms with E-state index in [4.69, 9.17) is 27.9 Å². The van der Waals surface area contributed by atoms with Crippen LogP contribution in [0.2, 0.25) is 10.0 Å². The molecule has 1 aromatic rings. The molecule has 0 atom stereocenters. The minimum absolute atomic E-state index is 0.0995. The zero-order valence-corrected chi connectivity index (χ0v) is 14.9. The second-order valence-corrected chi connectivity index (χ2v) is 6.45. The lowest BCUT2D eigenvalue weighted by atomic mass is 10.2. The fourth-order valence-electron chi connectivity index (χ4n) is 2.43. The van der Waals surface area contributed by atoms with E-state index >= 15 is 0 Å². The second-order valence-electron chi connectivity index (χ2n) is 5.61. The highest BCUT2D eigenvalue weighted by atomic mass is 35.5. The number of hydrogen-bond donors (Lipinski definition) is 2. The van der Waals surface area contributed by atoms with Gasteiger partial charge in [0.05, 0.1) is 0 Å². The largest absolute Gasteiger partial charge is 0.452 e. The molecule has 0 heterocycles. The number of nitrogens with one attached hydrogen (secondary N) is 2. The van der Waals surface area contributed by atoms with Gasteiger partial charge in [-0.15, -0.1) is 0 Å². The third-order valence-electron chi connectivity index (χ3n) is 3.65. The van der Waals surface area contributed by atoms with Crippen molar-refractivity contribution in [1.29, 1.82) is 0 Å². The van der Waals surface area contributed by atoms with Gasteiger partial charge in [-0.05, 0) is 36.6 Å². The highest BCUT2D eigenvalue weighted by Crippen LogP contribution is 2.22. The van der Waals surface area contributed by atoms with Crippen molar-refractivity contribution in [1.82, 2.24) is 10.6 Å². The van der Waals surface area contributed by atoms with Gasteiger partial charge in [-0.2, -0.15) is 0 Å². The summed E-state index contributed by atoms with van der Waals surface area (Å²) in [4.78, 5) is 34.8. The molecule has 0 unspecified atom stereocenters. The van der Waals surface area contributed by atoms with Crippen LogP contribution in [0.25, 0.3) is 6.08 Å². The predicted octanol–water partition coefficient (Wildman–Crippen LogP) is 3.32. The van der Waals surface area contributed by atoms with Crippen molar-refractivity contribution >= 4 is 47.2 Å². The molecule has 0 spiro atoms. The number of ether oxygens (including phenoxy) is 1. The van der Waals surface area contributed by atoms with Crippen LogP contribution in [0.15, 0.2) is 24.3 Å². The maximum atomic E-state index is 11.6. The summed E-state index contributed by atoms with van der Waals surface area (Å²) in [5, 5.41) is 5.70. The Bertz CT molecular complexity index is 685. The molecule has 1 aromatic carbocycles. The third kappa shape index (κ3) is 6.76. The zero-order valence-electron chi connectivity index (χ0n) is 13.4. The van der Waals surface area contributed by atoms with Crippen LogP contribution in [0.5, 0.6) is 0 Å². The summed E-state index contributed by atoms with van der Waals surface area (Å²) < 4.78 is 4.77. The van der Waals surface area contributed by atoms with E-state index < -0.39 is 24.5 Å². The summed E-state index contributed by atoms with van der Waals surface area (Å²) in [6.45, 7) is -0.546. The van der Waals surface area contributed by atoms with E-state index in [2.05, 4.69) is 10.6 Å². The first-order valence-corrected chi connectivity index (χ1v) is 8.60. The lowest BCUT2D eigenvalue weighted by Gasteiger charge is -2.12. The van der Waals surface area contributed by atoms with Crippen molar-refractivity contribution in [2.24, 2.45) is 0 Å². The van der Waals surface area contributed by atoms with Gasteiger partial charge in [-0.25, -0.2) is 9.59 Å². The van der Waals surface area contributed by atoms with Crippen LogP contribution >= 0.6 is 23.2 Å². The average Bonchev–Trinajstić information content (AvgIpc) is 3.04. The minimum Gasteiger partial charge on any atom is -0.452 e. The molecule has 0 bridgehead atoms. The Morgan fingerprint density at radius 1 is 1.20 bits per heavy atom. The molecule has 1 aliphatic carbocycles. The topological polar surface area (TPSA) is 84.5 Å². The highest BCUT2D eigenvalue weighted by molar-refractivity contribution is 6.35. The Hall–Kier alpha value is -2.05. The van der Waals surface area contributed by atoms with Gasteiger partial charge in [0, 0.05) is 22.2 Å². The summed E-state index contributed by atoms with van der Waals surface area (Å²) >= 11 is 11.8. The minimum atomic E-state index is -0.725. The van der Waals surface area contributed by atoms with Gasteiger partial charge in [0.1, 0.15) is 0 Å². The van der Waals surface area contributed by atoms with Crippen LogP contribution in [-0.4, -0.2) is 30.6 Å². The number of benzene rings is 1. The van der Waals surface area contributed by atoms with Crippen molar-refractivity contribution in [3.8, 4) is 0 Å². The number of carbonyl (C=O) groups excluding carboxylic acids is 3. The number of carbonyl (C=O) groups is 3. The first kappa shape index (κ1) is 19.3. The molecule has 3 amide bonds. The number of hydrogen-bond acceptors (Lipinski definition) is 4. The van der Waals surface area contributed by atoms with Crippen LogP contribution < -0.4 is 10.6 Å². The molecule has 0 saturated heterocycles. The molecule has 1 aliphatic rings. The molecule has 25 heavy (non-hydrogen) atoms. The van der Waals surface area contributed by atoms with Crippen molar-refractivity contribution in [2.75, 3.05) is 6.61 Å². The standard InChI is InChI=1S/C17H18Cl2N2O4/c18-12-7-5-11(14(19)9-12)6-8-16(23)25-10-15(22)21-17(24)20-13-3-1-2-4-13/h5-9,13H,1-4,10H2,(H2,20,21,22,24)/b8-6+. The molecule has 6 nitrogen and oxygen atoms in total. The molecule has 134 valence electrons. The van der Waals surface area contributed by atoms with E-state index in [9.17, 15) is 14.4 Å². The SMILES string of the molecule is O=C(COC(=O)/C=C/c1ccc(Cl)cc1Cl)NC(=O)NC1CCCC1. The number of halogens is 2. The number of rotatable bonds is 5. The van der Waals surface area contributed by atoms with Crippen molar-refractivity contribution < 1.29 is 19.1 Å². The fraction of sp³-hybridized carbons (Fsp3) is 0.353. The Morgan fingerprint density at radius 2 is 1.92 bits per heavy atom. The van der Waals surface area contributed by atoms with E-state index in [-0.39, 0.29) is 6.04 Å². The first-order chi connectivity index (χ1) is 11.9. The Balaban J connectivity index is 1.72. The van der Waals surface area contributed by atoms with Crippen molar-refractivity contribution in [3.63, 3.8) is 0 Å². The van der Waals surface area contributed by atoms with Crippen molar-refractivity contribution in [3.05, 3.63) is 39.9 Å². The maximum Gasteiger partial charge on any atom is 0.331 e. The van der Waals surface area contributed by atoms with Crippen LogP contribution in [0, 0.1) is 0 Å². The van der Waals surface area contributed by atoms with E-state index in [0.29, 0.717) is 15.6 Å². The third-order valence-corrected chi connectivity index (χ3v) is 4.21. The highest BCUT2D eigenvalue weighted by Gasteiger charge is 2.18. The molecule has 0 aliphatic heterocycles. The molecule has 2 rings (SSSR count). The quantitative estimate of drug-likeness (QED) is 0.602. The van der Waals surface area contributed by atoms with E-state index in [1.54, 1.807) is 18.2 Å². The summed E-state index contributed by atoms with van der Waals surface area (Å²) in [7, 11) is 0. The van der Waals surface area contributed by atoms with E-state index in [1.165, 1.54) is 6.08 Å². The lowest BCUT2D eigenvalue weighted by Crippen LogP contribution is -2.44. The van der Waals surface area contributed by atoms with Crippen molar-refractivity contribution in [2.45, 2.75) is 31.7 Å². The molecule has 1 fully saturated rings. The molecule has 1 saturated carbocycles. The Kier molecular flexibility index (Phi) is 7.28. The summed E-state index contributed by atoms with van der Waals surface area (Å²) in [6.07, 6.45) is 6.55. The van der Waals surface area contributed by atoms with Crippen LogP contribution in [-0.2, 0) is 14.3 Å². The molecule has 0 radical (unpaired) electrons. The molecule has 8 heteroatoms. The number of urea groups is 1. The molecule has 2 N–H and O–H groups in total. The van der Waals surface area contributed by atoms with Gasteiger partial charge < -0.3 is 10.1 Å². The summed E-state index contributed by atoms with van der Waals surface area (Å²) in [5.41, 5.74) is 0.586. The zero-order chi connectivity index (χ0) is 18.2. The Morgan fingerprint density at radius 3 is 2.60 bits per heavy atom. The number of imide groups is 1. The maximum absolute atomic E-state index is 11.6. The van der Waals surface area contributed by atoms with Gasteiger partial charge in [-0.1, -0.05) is 42.1 Å². The van der Waals surface area contributed by atoms with Crippen LogP contribution in [0.4, 0.5) is 4.79 Å². The Labute approximate surface area is 155 Å². The van der Waals surface area contributed by atoms with Gasteiger partial charge >= 0.3 is 12.0 Å². The normalized spacial score (nSPS) is 14.5. The molecular weight excluding hydrogens is 367 g/mol. The van der Waals surface area contributed by atoms with E-state index in [1.807, 2.05) is 0 Å². The second kappa shape index (κ2) is 9.44. The monoisotopic (exact) mass is 384 g/mol. The summed E-state index contributed by atoms with van der Waals surface area (Å²) in [5.74, 6) is -1.42. The van der Waals surface area contributed by atoms with Crippen LogP contribution in [0.3, 0.4) is 0 Å². The molecular formula is C17H18Cl2N2O4. The van der Waals surface area contributed by atoms with Crippen LogP contribution in [0.1, 0.15) is 31.2 Å². The predicted molar refractivity (Wildman–Crippen MR) is 95.4 cm³/mol. The first-order valence-electron chi connectivity index (χ1n) is 7.84. The fourth-order valence-corrected chi connectivity index (χ4v) is 2.91. The van der Waals surface area contributed by atoms with Gasteiger partial charge in [-0.3, -0.25) is 10.1 Å². The number of esters is 1. The lowest BCUT2D eigenvalue weighted by molar-refractivity contribution is -0.143. The van der Waals surface area contributed by atoms with Gasteiger partial charge in [0.25, 0.3) is 5.91 Å². The average molecular weight is 385 g/mol. The van der Waals surface area contributed by atoms with E-state index in [0.717, 1.165) is 31.8 Å².